The van der Waals surface area contributed by atoms with Gasteiger partial charge in [0.05, 0.1) is 19.8 Å². The van der Waals surface area contributed by atoms with Gasteiger partial charge < -0.3 is 20.1 Å². The number of carbonyl (C=O) groups excluding carboxylic acids is 1. The summed E-state index contributed by atoms with van der Waals surface area (Å²) in [6.07, 6.45) is 1.71. The molecule has 1 aliphatic heterocycles. The van der Waals surface area contributed by atoms with Crippen LogP contribution >= 0.6 is 0 Å². The van der Waals surface area contributed by atoms with E-state index in [0.717, 1.165) is 12.8 Å². The van der Waals surface area contributed by atoms with E-state index >= 15 is 0 Å². The van der Waals surface area contributed by atoms with Crippen molar-refractivity contribution in [1.82, 2.24) is 4.90 Å². The molecule has 1 amide bonds. The highest BCUT2D eigenvalue weighted by Crippen LogP contribution is 2.11. The van der Waals surface area contributed by atoms with Gasteiger partial charge in [-0.05, 0) is 12.8 Å². The molecule has 0 radical (unpaired) electrons. The van der Waals surface area contributed by atoms with Gasteiger partial charge in [0.1, 0.15) is 6.61 Å². The summed E-state index contributed by atoms with van der Waals surface area (Å²) in [6, 6.07) is 0. The maximum atomic E-state index is 11.8. The molecule has 0 aromatic carbocycles. The second-order valence-corrected chi connectivity index (χ2v) is 4.56. The lowest BCUT2D eigenvalue weighted by Crippen LogP contribution is -2.46. The molecule has 0 bridgehead atoms. The van der Waals surface area contributed by atoms with E-state index in [4.69, 9.17) is 15.2 Å². The van der Waals surface area contributed by atoms with Crippen LogP contribution in [0.1, 0.15) is 26.7 Å². The Morgan fingerprint density at radius 3 is 2.47 bits per heavy atom. The topological polar surface area (TPSA) is 64.8 Å². The van der Waals surface area contributed by atoms with E-state index in [1.807, 2.05) is 13.8 Å². The molecule has 0 spiro atoms. The van der Waals surface area contributed by atoms with Gasteiger partial charge in [0.15, 0.2) is 0 Å². The zero-order chi connectivity index (χ0) is 12.7. The monoisotopic (exact) mass is 244 g/mol. The van der Waals surface area contributed by atoms with Crippen LogP contribution in [0.25, 0.3) is 0 Å². The second kappa shape index (κ2) is 6.93. The van der Waals surface area contributed by atoms with Crippen molar-refractivity contribution in [3.05, 3.63) is 0 Å². The van der Waals surface area contributed by atoms with E-state index in [2.05, 4.69) is 0 Å². The number of carbonyl (C=O) groups is 1. The number of hydrogen-bond acceptors (Lipinski definition) is 4. The van der Waals surface area contributed by atoms with Gasteiger partial charge in [-0.15, -0.1) is 0 Å². The smallest absolute Gasteiger partial charge is 0.248 e. The van der Waals surface area contributed by atoms with Gasteiger partial charge in [0.25, 0.3) is 0 Å². The molecule has 17 heavy (non-hydrogen) atoms. The molecule has 1 rings (SSSR count). The lowest BCUT2D eigenvalue weighted by Gasteiger charge is -2.29. The molecule has 0 aliphatic carbocycles. The summed E-state index contributed by atoms with van der Waals surface area (Å²) < 4.78 is 10.6. The molecular formula is C12H24N2O3. The van der Waals surface area contributed by atoms with E-state index in [0.29, 0.717) is 32.9 Å². The van der Waals surface area contributed by atoms with Gasteiger partial charge in [0.2, 0.25) is 5.91 Å². The van der Waals surface area contributed by atoms with Gasteiger partial charge in [-0.1, -0.05) is 13.8 Å². The standard InChI is InChI=1S/C12H24N2O3/c1-3-12(13,4-2)10-17-9-11(15)14-5-7-16-8-6-14/h3-10,13H2,1-2H3. The number of hydrogen-bond donors (Lipinski definition) is 1. The first-order chi connectivity index (χ1) is 8.11. The Balaban J connectivity index is 2.23. The molecule has 1 saturated heterocycles. The van der Waals surface area contributed by atoms with Crippen LogP contribution in [-0.4, -0.2) is 55.9 Å². The van der Waals surface area contributed by atoms with Gasteiger partial charge in [-0.25, -0.2) is 0 Å². The molecule has 1 fully saturated rings. The number of nitrogens with two attached hydrogens (primary N) is 1. The second-order valence-electron chi connectivity index (χ2n) is 4.56. The SMILES string of the molecule is CCC(N)(CC)COCC(=O)N1CCOCC1. The van der Waals surface area contributed by atoms with Gasteiger partial charge in [-0.2, -0.15) is 0 Å². The highest BCUT2D eigenvalue weighted by Gasteiger charge is 2.22. The van der Waals surface area contributed by atoms with Crippen LogP contribution < -0.4 is 5.73 Å². The minimum atomic E-state index is -0.300. The fourth-order valence-corrected chi connectivity index (χ4v) is 1.70. The van der Waals surface area contributed by atoms with Crippen LogP contribution in [0.5, 0.6) is 0 Å². The summed E-state index contributed by atoms with van der Waals surface area (Å²) in [7, 11) is 0. The van der Waals surface area contributed by atoms with Crippen molar-refractivity contribution in [3.63, 3.8) is 0 Å². The minimum absolute atomic E-state index is 0.0304. The van der Waals surface area contributed by atoms with Crippen LogP contribution in [0.4, 0.5) is 0 Å². The highest BCUT2D eigenvalue weighted by atomic mass is 16.5. The van der Waals surface area contributed by atoms with Crippen molar-refractivity contribution in [3.8, 4) is 0 Å². The third-order valence-electron chi connectivity index (χ3n) is 3.39. The Bertz CT molecular complexity index is 236. The maximum absolute atomic E-state index is 11.8. The average Bonchev–Trinajstić information content (AvgIpc) is 2.39. The maximum Gasteiger partial charge on any atom is 0.248 e. The van der Waals surface area contributed by atoms with Crippen LogP contribution in [-0.2, 0) is 14.3 Å². The predicted molar refractivity (Wildman–Crippen MR) is 65.7 cm³/mol. The average molecular weight is 244 g/mol. The van der Waals surface area contributed by atoms with Crippen molar-refractivity contribution >= 4 is 5.91 Å². The molecule has 1 heterocycles. The number of rotatable bonds is 6. The Kier molecular flexibility index (Phi) is 5.88. The van der Waals surface area contributed by atoms with Crippen molar-refractivity contribution in [2.24, 2.45) is 5.73 Å². The third kappa shape index (κ3) is 4.61. The predicted octanol–water partition coefficient (Wildman–Crippen LogP) is 0.379. The largest absolute Gasteiger partial charge is 0.378 e. The molecule has 0 unspecified atom stereocenters. The molecular weight excluding hydrogens is 220 g/mol. The first-order valence-corrected chi connectivity index (χ1v) is 6.33. The zero-order valence-electron chi connectivity index (χ0n) is 10.9. The fourth-order valence-electron chi connectivity index (χ4n) is 1.70. The molecule has 0 saturated carbocycles. The van der Waals surface area contributed by atoms with E-state index < -0.39 is 0 Å². The summed E-state index contributed by atoms with van der Waals surface area (Å²) >= 11 is 0. The van der Waals surface area contributed by atoms with Gasteiger partial charge >= 0.3 is 0 Å². The van der Waals surface area contributed by atoms with Crippen molar-refractivity contribution in [1.29, 1.82) is 0 Å². The molecule has 0 aromatic heterocycles. The highest BCUT2D eigenvalue weighted by molar-refractivity contribution is 5.77. The Morgan fingerprint density at radius 1 is 1.35 bits per heavy atom. The fraction of sp³-hybridized carbons (Fsp3) is 0.917. The zero-order valence-corrected chi connectivity index (χ0v) is 10.9. The normalized spacial score (nSPS) is 17.2. The Labute approximate surface area is 103 Å². The summed E-state index contributed by atoms with van der Waals surface area (Å²) in [5.41, 5.74) is 5.79. The van der Waals surface area contributed by atoms with Crippen LogP contribution in [0.3, 0.4) is 0 Å². The quantitative estimate of drug-likeness (QED) is 0.733. The van der Waals surface area contributed by atoms with Crippen molar-refractivity contribution in [2.75, 3.05) is 39.5 Å². The summed E-state index contributed by atoms with van der Waals surface area (Å²) in [4.78, 5) is 13.5. The number of morpholine rings is 1. The van der Waals surface area contributed by atoms with Gasteiger partial charge in [0, 0.05) is 18.6 Å². The first-order valence-electron chi connectivity index (χ1n) is 6.33. The Hall–Kier alpha value is -0.650. The van der Waals surface area contributed by atoms with Gasteiger partial charge in [-0.3, -0.25) is 4.79 Å². The molecule has 1 aliphatic rings. The summed E-state index contributed by atoms with van der Waals surface area (Å²) in [6.45, 7) is 7.21. The molecule has 100 valence electrons. The Morgan fingerprint density at radius 2 is 1.94 bits per heavy atom. The molecule has 0 aromatic rings. The summed E-state index contributed by atoms with van der Waals surface area (Å²) in [5.74, 6) is 0.0304. The molecule has 2 N–H and O–H groups in total. The molecule has 5 heteroatoms. The van der Waals surface area contributed by atoms with Crippen LogP contribution in [0.2, 0.25) is 0 Å². The number of amides is 1. The lowest BCUT2D eigenvalue weighted by molar-refractivity contribution is -0.140. The molecule has 0 atom stereocenters. The van der Waals surface area contributed by atoms with E-state index in [1.54, 1.807) is 4.90 Å². The van der Waals surface area contributed by atoms with E-state index in [1.165, 1.54) is 0 Å². The van der Waals surface area contributed by atoms with Crippen molar-refractivity contribution < 1.29 is 14.3 Å². The van der Waals surface area contributed by atoms with Crippen molar-refractivity contribution in [2.45, 2.75) is 32.2 Å². The van der Waals surface area contributed by atoms with Crippen LogP contribution in [0, 0.1) is 0 Å². The lowest BCUT2D eigenvalue weighted by atomic mass is 9.96. The van der Waals surface area contributed by atoms with E-state index in [-0.39, 0.29) is 18.1 Å². The first kappa shape index (κ1) is 14.4. The number of ether oxygens (including phenoxy) is 2. The summed E-state index contributed by atoms with van der Waals surface area (Å²) in [5, 5.41) is 0. The van der Waals surface area contributed by atoms with Crippen LogP contribution in [0.15, 0.2) is 0 Å². The third-order valence-corrected chi connectivity index (χ3v) is 3.39. The number of nitrogens with zero attached hydrogens (tertiary/aromatic N) is 1. The minimum Gasteiger partial charge on any atom is -0.378 e. The molecule has 5 nitrogen and oxygen atoms in total. The van der Waals surface area contributed by atoms with E-state index in [9.17, 15) is 4.79 Å².